The van der Waals surface area contributed by atoms with Crippen LogP contribution in [0, 0.1) is 34.9 Å². The second kappa shape index (κ2) is 7.28. The Morgan fingerprint density at radius 2 is 1.50 bits per heavy atom. The summed E-state index contributed by atoms with van der Waals surface area (Å²) in [5.74, 6) is -13.0. The molecule has 0 spiro atoms. The molecule has 0 unspecified atom stereocenters. The fourth-order valence-corrected chi connectivity index (χ4v) is 4.48. The van der Waals surface area contributed by atoms with E-state index in [0.717, 1.165) is 6.07 Å². The number of nitrogens with zero attached hydrogens (tertiary/aromatic N) is 1. The summed E-state index contributed by atoms with van der Waals surface area (Å²) in [6, 6.07) is 2.80. The Bertz CT molecular complexity index is 1010. The normalized spacial score (nSPS) is 14.6. The van der Waals surface area contributed by atoms with Gasteiger partial charge in [-0.2, -0.15) is 4.31 Å². The lowest BCUT2D eigenvalue weighted by molar-refractivity contribution is 0.345. The number of hydrogen-bond acceptors (Lipinski definition) is 3. The van der Waals surface area contributed by atoms with Crippen LogP contribution < -0.4 is 4.74 Å². The van der Waals surface area contributed by atoms with Crippen molar-refractivity contribution in [3.8, 4) is 5.75 Å². The fraction of sp³-hybridized carbons (Fsp3) is 0.294. The Labute approximate surface area is 156 Å². The topological polar surface area (TPSA) is 46.6 Å². The molecule has 1 saturated carbocycles. The maximum Gasteiger partial charge on any atom is 0.249 e. The Hall–Kier alpha value is -2.27. The van der Waals surface area contributed by atoms with E-state index in [9.17, 15) is 34.8 Å². The molecule has 0 aromatic heterocycles. The van der Waals surface area contributed by atoms with Crippen LogP contribution in [0.5, 0.6) is 5.75 Å². The van der Waals surface area contributed by atoms with Crippen molar-refractivity contribution in [2.45, 2.75) is 30.3 Å². The Morgan fingerprint density at radius 1 is 0.964 bits per heavy atom. The summed E-state index contributed by atoms with van der Waals surface area (Å²) >= 11 is 0. The van der Waals surface area contributed by atoms with Crippen molar-refractivity contribution in [2.24, 2.45) is 0 Å². The molecule has 0 saturated heterocycles. The van der Waals surface area contributed by atoms with Crippen LogP contribution in [0.3, 0.4) is 0 Å². The second-order valence-electron chi connectivity index (χ2n) is 6.15. The third kappa shape index (κ3) is 3.44. The van der Waals surface area contributed by atoms with E-state index < -0.39 is 62.4 Å². The highest BCUT2D eigenvalue weighted by molar-refractivity contribution is 7.89. The molecule has 0 atom stereocenters. The lowest BCUT2D eigenvalue weighted by Crippen LogP contribution is -2.34. The quantitative estimate of drug-likeness (QED) is 0.401. The molecule has 1 aliphatic carbocycles. The van der Waals surface area contributed by atoms with Gasteiger partial charge >= 0.3 is 0 Å². The van der Waals surface area contributed by atoms with Crippen LogP contribution in [0.15, 0.2) is 23.1 Å². The van der Waals surface area contributed by atoms with Gasteiger partial charge in [-0.25, -0.2) is 34.8 Å². The van der Waals surface area contributed by atoms with E-state index in [0.29, 0.717) is 17.1 Å². The third-order valence-electron chi connectivity index (χ3n) is 4.24. The predicted octanol–water partition coefficient (Wildman–Crippen LogP) is 3.88. The molecule has 0 radical (unpaired) electrons. The maximum absolute atomic E-state index is 14.0. The molecule has 152 valence electrons. The average molecular weight is 425 g/mol. The van der Waals surface area contributed by atoms with Crippen molar-refractivity contribution < 1.29 is 39.5 Å². The van der Waals surface area contributed by atoms with Gasteiger partial charge in [-0.1, -0.05) is 6.07 Å². The summed E-state index contributed by atoms with van der Waals surface area (Å²) in [4.78, 5) is -1.93. The highest BCUT2D eigenvalue weighted by atomic mass is 32.2. The van der Waals surface area contributed by atoms with Gasteiger partial charge in [0.2, 0.25) is 15.8 Å². The average Bonchev–Trinajstić information content (AvgIpc) is 3.47. The highest BCUT2D eigenvalue weighted by Gasteiger charge is 2.43. The largest absolute Gasteiger partial charge is 0.494 e. The van der Waals surface area contributed by atoms with Crippen LogP contribution in [0.4, 0.5) is 26.3 Å². The van der Waals surface area contributed by atoms with Gasteiger partial charge in [0.05, 0.1) is 7.11 Å². The number of halogens is 6. The Balaban J connectivity index is 2.07. The lowest BCUT2D eigenvalue weighted by atomic mass is 10.2. The van der Waals surface area contributed by atoms with Gasteiger partial charge in [-0.15, -0.1) is 0 Å². The summed E-state index contributed by atoms with van der Waals surface area (Å²) in [6.07, 6.45) is 0.653. The molecule has 11 heteroatoms. The Kier molecular flexibility index (Phi) is 5.32. The van der Waals surface area contributed by atoms with Gasteiger partial charge in [-0.05, 0) is 30.5 Å². The standard InChI is InChI=1S/C17H13F6NO3S/c1-27-11-5-2-8(6-10(11)18)7-24(9-3-4-9)28(25,26)17-15(22)13(20)12(19)14(21)16(17)23/h2,5-6,9H,3-4,7H2,1H3. The smallest absolute Gasteiger partial charge is 0.249 e. The van der Waals surface area contributed by atoms with Crippen molar-refractivity contribution in [1.29, 1.82) is 0 Å². The number of hydrogen-bond donors (Lipinski definition) is 0. The lowest BCUT2D eigenvalue weighted by Gasteiger charge is -2.23. The summed E-state index contributed by atoms with van der Waals surface area (Å²) in [6.45, 7) is -0.520. The molecule has 0 bridgehead atoms. The molecular formula is C17H13F6NO3S. The first-order valence-corrected chi connectivity index (χ1v) is 9.39. The van der Waals surface area contributed by atoms with E-state index >= 15 is 0 Å². The summed E-state index contributed by atoms with van der Waals surface area (Å²) in [5.41, 5.74) is 0.109. The van der Waals surface area contributed by atoms with Crippen molar-refractivity contribution >= 4 is 10.0 Å². The highest BCUT2D eigenvalue weighted by Crippen LogP contribution is 2.37. The zero-order chi connectivity index (χ0) is 20.8. The van der Waals surface area contributed by atoms with E-state index in [2.05, 4.69) is 0 Å². The van der Waals surface area contributed by atoms with E-state index in [4.69, 9.17) is 4.74 Å². The van der Waals surface area contributed by atoms with Gasteiger partial charge < -0.3 is 4.74 Å². The molecule has 0 amide bonds. The number of methoxy groups -OCH3 is 1. The molecule has 28 heavy (non-hydrogen) atoms. The molecule has 2 aromatic carbocycles. The van der Waals surface area contributed by atoms with Crippen molar-refractivity contribution in [3.63, 3.8) is 0 Å². The number of ether oxygens (including phenoxy) is 1. The van der Waals surface area contributed by atoms with Gasteiger partial charge in [0.15, 0.2) is 39.7 Å². The zero-order valence-corrected chi connectivity index (χ0v) is 15.1. The summed E-state index contributed by atoms with van der Waals surface area (Å²) < 4.78 is 113. The molecule has 3 rings (SSSR count). The molecular weight excluding hydrogens is 412 g/mol. The predicted molar refractivity (Wildman–Crippen MR) is 84.9 cm³/mol. The first-order valence-electron chi connectivity index (χ1n) is 7.95. The van der Waals surface area contributed by atoms with E-state index in [-0.39, 0.29) is 11.3 Å². The van der Waals surface area contributed by atoms with Crippen LogP contribution in [-0.2, 0) is 16.6 Å². The Morgan fingerprint density at radius 3 is 1.96 bits per heavy atom. The van der Waals surface area contributed by atoms with Crippen LogP contribution in [0.2, 0.25) is 0 Å². The van der Waals surface area contributed by atoms with Gasteiger partial charge in [-0.3, -0.25) is 0 Å². The molecule has 0 heterocycles. The van der Waals surface area contributed by atoms with Gasteiger partial charge in [0.1, 0.15) is 0 Å². The van der Waals surface area contributed by atoms with Crippen LogP contribution in [-0.4, -0.2) is 25.9 Å². The first kappa shape index (κ1) is 20.5. The fourth-order valence-electron chi connectivity index (χ4n) is 2.69. The van der Waals surface area contributed by atoms with Crippen molar-refractivity contribution in [2.75, 3.05) is 7.11 Å². The summed E-state index contributed by atoms with van der Waals surface area (Å²) in [5, 5.41) is 0. The van der Waals surface area contributed by atoms with Crippen molar-refractivity contribution in [1.82, 2.24) is 4.31 Å². The molecule has 2 aromatic rings. The second-order valence-corrected chi connectivity index (χ2v) is 7.98. The first-order chi connectivity index (χ1) is 13.1. The van der Waals surface area contributed by atoms with Gasteiger partial charge in [0.25, 0.3) is 0 Å². The maximum atomic E-state index is 14.0. The zero-order valence-electron chi connectivity index (χ0n) is 14.3. The van der Waals surface area contributed by atoms with Crippen LogP contribution in [0.1, 0.15) is 18.4 Å². The van der Waals surface area contributed by atoms with Crippen molar-refractivity contribution in [3.05, 3.63) is 58.7 Å². The molecule has 0 N–H and O–H groups in total. The minimum absolute atomic E-state index is 0.107. The number of rotatable bonds is 6. The van der Waals surface area contributed by atoms with E-state index in [1.54, 1.807) is 0 Å². The minimum Gasteiger partial charge on any atom is -0.494 e. The minimum atomic E-state index is -5.10. The SMILES string of the molecule is COc1ccc(CN(C2CC2)S(=O)(=O)c2c(F)c(F)c(F)c(F)c2F)cc1F. The van der Waals surface area contributed by atoms with E-state index in [1.807, 2.05) is 0 Å². The van der Waals surface area contributed by atoms with Gasteiger partial charge in [0, 0.05) is 12.6 Å². The van der Waals surface area contributed by atoms with Crippen LogP contribution >= 0.6 is 0 Å². The molecule has 4 nitrogen and oxygen atoms in total. The number of benzene rings is 2. The summed E-state index contributed by atoms with van der Waals surface area (Å²) in [7, 11) is -3.88. The monoisotopic (exact) mass is 425 g/mol. The molecule has 1 fully saturated rings. The number of sulfonamides is 1. The third-order valence-corrected chi connectivity index (χ3v) is 6.16. The van der Waals surface area contributed by atoms with E-state index in [1.165, 1.54) is 19.2 Å². The molecule has 0 aliphatic heterocycles. The van der Waals surface area contributed by atoms with Crippen LogP contribution in [0.25, 0.3) is 0 Å². The molecule has 1 aliphatic rings.